The zero-order valence-electron chi connectivity index (χ0n) is 9.19. The summed E-state index contributed by atoms with van der Waals surface area (Å²) in [6.45, 7) is 2.19. The third kappa shape index (κ3) is 3.76. The number of carbonyl (C=O) groups is 1. The van der Waals surface area contributed by atoms with Crippen molar-refractivity contribution >= 4 is 21.8 Å². The van der Waals surface area contributed by atoms with Crippen LogP contribution in [-0.4, -0.2) is 43.4 Å². The van der Waals surface area contributed by atoms with E-state index in [4.69, 9.17) is 9.47 Å². The predicted molar refractivity (Wildman–Crippen MR) is 64.8 cm³/mol. The van der Waals surface area contributed by atoms with Crippen LogP contribution in [-0.2, 0) is 9.47 Å². The van der Waals surface area contributed by atoms with E-state index in [0.29, 0.717) is 36.5 Å². The molecule has 0 bridgehead atoms. The Morgan fingerprint density at radius 2 is 2.41 bits per heavy atom. The number of ether oxygens (including phenoxy) is 2. The molecule has 1 aromatic rings. The van der Waals surface area contributed by atoms with Gasteiger partial charge in [-0.25, -0.2) is 4.98 Å². The van der Waals surface area contributed by atoms with Gasteiger partial charge < -0.3 is 14.8 Å². The highest BCUT2D eigenvalue weighted by atomic mass is 79.9. The maximum atomic E-state index is 11.7. The van der Waals surface area contributed by atoms with Gasteiger partial charge in [-0.3, -0.25) is 4.79 Å². The van der Waals surface area contributed by atoms with Crippen LogP contribution < -0.4 is 5.32 Å². The first-order valence-electron chi connectivity index (χ1n) is 5.35. The Bertz CT molecular complexity index is 377. The Labute approximate surface area is 108 Å². The molecule has 0 aliphatic carbocycles. The second-order valence-corrected chi connectivity index (χ2v) is 4.46. The third-order valence-corrected chi connectivity index (χ3v) is 2.83. The number of halogens is 1. The number of rotatable bonds is 3. The lowest BCUT2D eigenvalue weighted by Crippen LogP contribution is -2.39. The number of hydrogen-bond donors (Lipinski definition) is 1. The molecule has 1 aromatic heterocycles. The Kier molecular flexibility index (Phi) is 4.47. The number of aromatic nitrogens is 1. The van der Waals surface area contributed by atoms with Gasteiger partial charge in [-0.15, -0.1) is 0 Å². The van der Waals surface area contributed by atoms with E-state index >= 15 is 0 Å². The van der Waals surface area contributed by atoms with Crippen molar-refractivity contribution in [1.82, 2.24) is 10.3 Å². The summed E-state index contributed by atoms with van der Waals surface area (Å²) in [7, 11) is 0. The van der Waals surface area contributed by atoms with Gasteiger partial charge >= 0.3 is 0 Å². The number of nitrogens with one attached hydrogen (secondary N) is 1. The van der Waals surface area contributed by atoms with E-state index in [0.717, 1.165) is 0 Å². The van der Waals surface area contributed by atoms with Gasteiger partial charge in [0.2, 0.25) is 0 Å². The Morgan fingerprint density at radius 1 is 1.53 bits per heavy atom. The van der Waals surface area contributed by atoms with E-state index in [-0.39, 0.29) is 12.0 Å². The predicted octanol–water partition coefficient (Wildman–Crippen LogP) is 0.989. The molecule has 1 amide bonds. The van der Waals surface area contributed by atoms with Gasteiger partial charge in [0.05, 0.1) is 31.5 Å². The molecular formula is C11H13BrN2O3. The Morgan fingerprint density at radius 3 is 3.06 bits per heavy atom. The third-order valence-electron chi connectivity index (χ3n) is 2.36. The first-order valence-corrected chi connectivity index (χ1v) is 6.14. The van der Waals surface area contributed by atoms with Crippen LogP contribution in [0.3, 0.4) is 0 Å². The lowest BCUT2D eigenvalue weighted by molar-refractivity contribution is -0.0855. The molecule has 6 heteroatoms. The molecule has 5 nitrogen and oxygen atoms in total. The number of hydrogen-bond acceptors (Lipinski definition) is 4. The van der Waals surface area contributed by atoms with Crippen molar-refractivity contribution in [2.75, 3.05) is 26.4 Å². The van der Waals surface area contributed by atoms with Crippen LogP contribution >= 0.6 is 15.9 Å². The standard InChI is InChI=1S/C11H13BrN2O3/c12-10-2-1-8(5-13-10)11(15)14-6-9-7-16-3-4-17-9/h1-2,5,9H,3-4,6-7H2,(H,14,15). The van der Waals surface area contributed by atoms with Crippen molar-refractivity contribution in [2.45, 2.75) is 6.10 Å². The maximum absolute atomic E-state index is 11.7. The molecule has 92 valence electrons. The van der Waals surface area contributed by atoms with Crippen molar-refractivity contribution in [1.29, 1.82) is 0 Å². The minimum atomic E-state index is -0.154. The molecule has 0 spiro atoms. The molecule has 1 fully saturated rings. The average molecular weight is 301 g/mol. The number of carbonyl (C=O) groups excluding carboxylic acids is 1. The van der Waals surface area contributed by atoms with Crippen molar-refractivity contribution < 1.29 is 14.3 Å². The minimum absolute atomic E-state index is 0.0592. The molecule has 2 heterocycles. The molecule has 1 aliphatic heterocycles. The number of nitrogens with zero attached hydrogens (tertiary/aromatic N) is 1. The van der Waals surface area contributed by atoms with Gasteiger partial charge in [0.25, 0.3) is 5.91 Å². The van der Waals surface area contributed by atoms with E-state index in [1.165, 1.54) is 6.20 Å². The molecule has 1 aliphatic rings. The number of pyridine rings is 1. The molecule has 2 rings (SSSR count). The van der Waals surface area contributed by atoms with E-state index in [9.17, 15) is 4.79 Å². The van der Waals surface area contributed by atoms with E-state index in [2.05, 4.69) is 26.2 Å². The summed E-state index contributed by atoms with van der Waals surface area (Å²) in [6, 6.07) is 3.44. The monoisotopic (exact) mass is 300 g/mol. The van der Waals surface area contributed by atoms with Crippen LogP contribution in [0, 0.1) is 0 Å². The summed E-state index contributed by atoms with van der Waals surface area (Å²) in [5.41, 5.74) is 0.532. The van der Waals surface area contributed by atoms with Crippen molar-refractivity contribution in [3.8, 4) is 0 Å². The van der Waals surface area contributed by atoms with Crippen molar-refractivity contribution in [2.24, 2.45) is 0 Å². The van der Waals surface area contributed by atoms with Crippen LogP contribution in [0.1, 0.15) is 10.4 Å². The zero-order valence-corrected chi connectivity index (χ0v) is 10.8. The van der Waals surface area contributed by atoms with Crippen molar-refractivity contribution in [3.63, 3.8) is 0 Å². The van der Waals surface area contributed by atoms with Gasteiger partial charge in [-0.2, -0.15) is 0 Å². The summed E-state index contributed by atoms with van der Waals surface area (Å²) < 4.78 is 11.4. The van der Waals surface area contributed by atoms with Crippen LogP contribution in [0.5, 0.6) is 0 Å². The molecule has 0 saturated carbocycles. The number of amides is 1. The molecule has 0 radical (unpaired) electrons. The summed E-state index contributed by atoms with van der Waals surface area (Å²) in [5, 5.41) is 2.79. The molecule has 17 heavy (non-hydrogen) atoms. The highest BCUT2D eigenvalue weighted by molar-refractivity contribution is 9.10. The van der Waals surface area contributed by atoms with Gasteiger partial charge in [0.15, 0.2) is 0 Å². The molecule has 1 unspecified atom stereocenters. The largest absolute Gasteiger partial charge is 0.376 e. The molecule has 1 saturated heterocycles. The van der Waals surface area contributed by atoms with Crippen LogP contribution in [0.15, 0.2) is 22.9 Å². The zero-order chi connectivity index (χ0) is 12.1. The lowest BCUT2D eigenvalue weighted by atomic mass is 10.2. The molecule has 1 atom stereocenters. The van der Waals surface area contributed by atoms with E-state index < -0.39 is 0 Å². The van der Waals surface area contributed by atoms with Gasteiger partial charge in [-0.1, -0.05) is 0 Å². The fraction of sp³-hybridized carbons (Fsp3) is 0.455. The molecular weight excluding hydrogens is 288 g/mol. The van der Waals surface area contributed by atoms with Crippen LogP contribution in [0.4, 0.5) is 0 Å². The maximum Gasteiger partial charge on any atom is 0.252 e. The van der Waals surface area contributed by atoms with Crippen molar-refractivity contribution in [3.05, 3.63) is 28.5 Å². The van der Waals surface area contributed by atoms with E-state index in [1.54, 1.807) is 12.1 Å². The topological polar surface area (TPSA) is 60.5 Å². The molecule has 0 aromatic carbocycles. The minimum Gasteiger partial charge on any atom is -0.376 e. The summed E-state index contributed by atoms with van der Waals surface area (Å²) in [5.74, 6) is -0.154. The SMILES string of the molecule is O=C(NCC1COCCO1)c1ccc(Br)nc1. The van der Waals surface area contributed by atoms with Gasteiger partial charge in [0.1, 0.15) is 4.60 Å². The average Bonchev–Trinajstić information content (AvgIpc) is 2.38. The Hall–Kier alpha value is -0.980. The fourth-order valence-corrected chi connectivity index (χ4v) is 1.71. The van der Waals surface area contributed by atoms with Gasteiger partial charge in [0, 0.05) is 12.7 Å². The quantitative estimate of drug-likeness (QED) is 0.846. The second kappa shape index (κ2) is 6.09. The smallest absolute Gasteiger partial charge is 0.252 e. The van der Waals surface area contributed by atoms with E-state index in [1.807, 2.05) is 0 Å². The summed E-state index contributed by atoms with van der Waals surface area (Å²) in [4.78, 5) is 15.7. The van der Waals surface area contributed by atoms with Crippen LogP contribution in [0.25, 0.3) is 0 Å². The lowest BCUT2D eigenvalue weighted by Gasteiger charge is -2.23. The molecule has 1 N–H and O–H groups in total. The highest BCUT2D eigenvalue weighted by Crippen LogP contribution is 2.06. The first kappa shape index (κ1) is 12.5. The van der Waals surface area contributed by atoms with Crippen LogP contribution in [0.2, 0.25) is 0 Å². The second-order valence-electron chi connectivity index (χ2n) is 3.65. The summed E-state index contributed by atoms with van der Waals surface area (Å²) >= 11 is 3.22. The van der Waals surface area contributed by atoms with Gasteiger partial charge in [-0.05, 0) is 28.1 Å². The Balaban J connectivity index is 1.82. The first-order chi connectivity index (χ1) is 8.25. The summed E-state index contributed by atoms with van der Waals surface area (Å²) in [6.07, 6.45) is 1.47. The normalized spacial score (nSPS) is 19.9. The fourth-order valence-electron chi connectivity index (χ4n) is 1.47. The highest BCUT2D eigenvalue weighted by Gasteiger charge is 2.15.